The number of nitrogens with one attached hydrogen (secondary N) is 1. The minimum absolute atomic E-state index is 0.156. The van der Waals surface area contributed by atoms with E-state index in [2.05, 4.69) is 41.3 Å². The van der Waals surface area contributed by atoms with E-state index < -0.39 is 0 Å². The normalized spacial score (nSPS) is 17.1. The third kappa shape index (κ3) is 3.93. The van der Waals surface area contributed by atoms with Gasteiger partial charge in [-0.1, -0.05) is 0 Å². The lowest BCUT2D eigenvalue weighted by Crippen LogP contribution is -2.20. The fraction of sp³-hybridized carbons (Fsp3) is 0.500. The van der Waals surface area contributed by atoms with E-state index in [1.807, 2.05) is 27.0 Å². The van der Waals surface area contributed by atoms with Crippen molar-refractivity contribution in [2.45, 2.75) is 59.7 Å². The number of rotatable bonds is 6. The van der Waals surface area contributed by atoms with Gasteiger partial charge in [0.2, 0.25) is 0 Å². The molecule has 5 nitrogen and oxygen atoms in total. The van der Waals surface area contributed by atoms with Crippen molar-refractivity contribution < 1.29 is 9.47 Å². The molecule has 134 valence electrons. The molecule has 2 aromatic rings. The second kappa shape index (κ2) is 7.40. The summed E-state index contributed by atoms with van der Waals surface area (Å²) in [6.45, 7) is 11.5. The highest BCUT2D eigenvalue weighted by Gasteiger charge is 2.22. The zero-order chi connectivity index (χ0) is 18.0. The van der Waals surface area contributed by atoms with Crippen LogP contribution in [0.15, 0.2) is 18.3 Å². The molecule has 3 rings (SSSR count). The molecule has 1 N–H and O–H groups in total. The van der Waals surface area contributed by atoms with E-state index in [0.717, 1.165) is 40.6 Å². The Balaban J connectivity index is 1.77. The monoisotopic (exact) mass is 341 g/mol. The van der Waals surface area contributed by atoms with Crippen LogP contribution >= 0.6 is 0 Å². The number of fused-ring (bicyclic) bond motifs is 1. The molecule has 1 aromatic carbocycles. The predicted molar refractivity (Wildman–Crippen MR) is 98.2 cm³/mol. The Bertz CT molecular complexity index is 761. The van der Waals surface area contributed by atoms with E-state index >= 15 is 0 Å². The molecular weight excluding hydrogens is 314 g/mol. The third-order valence-electron chi connectivity index (χ3n) is 4.58. The summed E-state index contributed by atoms with van der Waals surface area (Å²) in [4.78, 5) is 8.78. The molecule has 0 saturated heterocycles. The van der Waals surface area contributed by atoms with Crippen molar-refractivity contribution in [1.82, 2.24) is 15.3 Å². The zero-order valence-electron chi connectivity index (χ0n) is 15.7. The maximum atomic E-state index is 5.90. The van der Waals surface area contributed by atoms with E-state index in [1.165, 1.54) is 5.56 Å². The molecule has 0 aliphatic carbocycles. The lowest BCUT2D eigenvalue weighted by atomic mass is 10.1. The minimum atomic E-state index is 0.156. The van der Waals surface area contributed by atoms with E-state index in [0.29, 0.717) is 13.2 Å². The Morgan fingerprint density at radius 2 is 2.16 bits per heavy atom. The van der Waals surface area contributed by atoms with Crippen molar-refractivity contribution >= 4 is 0 Å². The van der Waals surface area contributed by atoms with Gasteiger partial charge in [-0.15, -0.1) is 0 Å². The lowest BCUT2D eigenvalue weighted by molar-refractivity contribution is 0.254. The van der Waals surface area contributed by atoms with Crippen LogP contribution in [0.4, 0.5) is 0 Å². The largest absolute Gasteiger partial charge is 0.494 e. The first-order chi connectivity index (χ1) is 12.0. The Kier molecular flexibility index (Phi) is 5.23. The van der Waals surface area contributed by atoms with Crippen LogP contribution in [0.1, 0.15) is 55.0 Å². The highest BCUT2D eigenvalue weighted by atomic mass is 16.5. The SMILES string of the molecule is CCOc1cc2c(cc1CN[C@@H](C)c1cnc(C)nc1C)O[C@@H](C)C2. The molecule has 1 aromatic heterocycles. The third-order valence-corrected chi connectivity index (χ3v) is 4.58. The van der Waals surface area contributed by atoms with Crippen LogP contribution in [-0.2, 0) is 13.0 Å². The van der Waals surface area contributed by atoms with Crippen molar-refractivity contribution in [2.75, 3.05) is 6.61 Å². The molecular formula is C20H27N3O2. The molecule has 5 heteroatoms. The smallest absolute Gasteiger partial charge is 0.125 e. The summed E-state index contributed by atoms with van der Waals surface area (Å²) in [7, 11) is 0. The second-order valence-electron chi connectivity index (χ2n) is 6.69. The van der Waals surface area contributed by atoms with Crippen LogP contribution < -0.4 is 14.8 Å². The topological polar surface area (TPSA) is 56.3 Å². The van der Waals surface area contributed by atoms with Crippen LogP contribution in [0.3, 0.4) is 0 Å². The number of hydrogen-bond acceptors (Lipinski definition) is 5. The Hall–Kier alpha value is -2.14. The highest BCUT2D eigenvalue weighted by molar-refractivity contribution is 5.48. The zero-order valence-corrected chi connectivity index (χ0v) is 15.7. The van der Waals surface area contributed by atoms with Gasteiger partial charge in [0.05, 0.1) is 6.61 Å². The molecule has 0 unspecified atom stereocenters. The number of hydrogen-bond donors (Lipinski definition) is 1. The van der Waals surface area contributed by atoms with Crippen LogP contribution in [0.25, 0.3) is 0 Å². The molecule has 2 atom stereocenters. The van der Waals surface area contributed by atoms with Crippen LogP contribution in [0, 0.1) is 13.8 Å². The standard InChI is InChI=1S/C20H27N3O2/c1-6-24-19-8-16-7-12(2)25-20(16)9-17(19)10-21-13(3)18-11-22-15(5)23-14(18)4/h8-9,11-13,21H,6-7,10H2,1-5H3/t12-,13-/m0/s1. The number of nitrogens with zero attached hydrogens (tertiary/aromatic N) is 2. The van der Waals surface area contributed by atoms with Crippen molar-refractivity contribution in [2.24, 2.45) is 0 Å². The van der Waals surface area contributed by atoms with Gasteiger partial charge in [-0.3, -0.25) is 0 Å². The maximum Gasteiger partial charge on any atom is 0.125 e. The summed E-state index contributed by atoms with van der Waals surface area (Å²) in [5.74, 6) is 2.72. The van der Waals surface area contributed by atoms with E-state index in [4.69, 9.17) is 9.47 Å². The van der Waals surface area contributed by atoms with Crippen molar-refractivity contribution in [1.29, 1.82) is 0 Å². The van der Waals surface area contributed by atoms with Gasteiger partial charge in [-0.2, -0.15) is 0 Å². The summed E-state index contributed by atoms with van der Waals surface area (Å²) < 4.78 is 11.8. The predicted octanol–water partition coefficient (Wildman–Crippen LogP) is 3.67. The molecule has 25 heavy (non-hydrogen) atoms. The van der Waals surface area contributed by atoms with E-state index in [9.17, 15) is 0 Å². The molecule has 0 saturated carbocycles. The average molecular weight is 341 g/mol. The highest BCUT2D eigenvalue weighted by Crippen LogP contribution is 2.35. The van der Waals surface area contributed by atoms with Gasteiger partial charge < -0.3 is 14.8 Å². The fourth-order valence-electron chi connectivity index (χ4n) is 3.30. The van der Waals surface area contributed by atoms with Gasteiger partial charge in [-0.25, -0.2) is 9.97 Å². The van der Waals surface area contributed by atoms with Crippen LogP contribution in [0.2, 0.25) is 0 Å². The number of aromatic nitrogens is 2. The minimum Gasteiger partial charge on any atom is -0.494 e. The summed E-state index contributed by atoms with van der Waals surface area (Å²) in [6, 6.07) is 4.40. The van der Waals surface area contributed by atoms with Crippen LogP contribution in [0.5, 0.6) is 11.5 Å². The quantitative estimate of drug-likeness (QED) is 0.869. The van der Waals surface area contributed by atoms with Gasteiger partial charge in [0.15, 0.2) is 0 Å². The maximum absolute atomic E-state index is 5.90. The summed E-state index contributed by atoms with van der Waals surface area (Å²) in [5, 5.41) is 3.56. The number of benzene rings is 1. The molecule has 2 heterocycles. The second-order valence-corrected chi connectivity index (χ2v) is 6.69. The summed E-state index contributed by atoms with van der Waals surface area (Å²) >= 11 is 0. The van der Waals surface area contributed by atoms with Gasteiger partial charge in [-0.05, 0) is 46.8 Å². The molecule has 1 aliphatic rings. The van der Waals surface area contributed by atoms with Crippen molar-refractivity contribution in [3.05, 3.63) is 46.5 Å². The average Bonchev–Trinajstić information content (AvgIpc) is 2.91. The summed E-state index contributed by atoms with van der Waals surface area (Å²) in [5.41, 5.74) is 4.49. The Morgan fingerprint density at radius 3 is 2.88 bits per heavy atom. The molecule has 0 fully saturated rings. The number of ether oxygens (including phenoxy) is 2. The first-order valence-corrected chi connectivity index (χ1v) is 8.96. The van der Waals surface area contributed by atoms with Crippen molar-refractivity contribution in [3.8, 4) is 11.5 Å². The first kappa shape index (κ1) is 17.7. The molecule has 1 aliphatic heterocycles. The molecule has 0 amide bonds. The van der Waals surface area contributed by atoms with Gasteiger partial charge in [0.1, 0.15) is 23.4 Å². The Morgan fingerprint density at radius 1 is 1.36 bits per heavy atom. The van der Waals surface area contributed by atoms with Gasteiger partial charge in [0, 0.05) is 47.6 Å². The number of aryl methyl sites for hydroxylation is 2. The van der Waals surface area contributed by atoms with Gasteiger partial charge >= 0.3 is 0 Å². The Labute approximate surface area is 149 Å². The first-order valence-electron chi connectivity index (χ1n) is 8.96. The lowest BCUT2D eigenvalue weighted by Gasteiger charge is -2.18. The van der Waals surface area contributed by atoms with E-state index in [1.54, 1.807) is 0 Å². The van der Waals surface area contributed by atoms with Crippen molar-refractivity contribution in [3.63, 3.8) is 0 Å². The summed E-state index contributed by atoms with van der Waals surface area (Å²) in [6.07, 6.45) is 3.09. The van der Waals surface area contributed by atoms with Crippen LogP contribution in [-0.4, -0.2) is 22.7 Å². The molecule has 0 bridgehead atoms. The fourth-order valence-corrected chi connectivity index (χ4v) is 3.30. The molecule has 0 spiro atoms. The molecule has 0 radical (unpaired) electrons. The van der Waals surface area contributed by atoms with E-state index in [-0.39, 0.29) is 12.1 Å². The van der Waals surface area contributed by atoms with Gasteiger partial charge in [0.25, 0.3) is 0 Å².